The first kappa shape index (κ1) is 12.4. The van der Waals surface area contributed by atoms with Crippen molar-refractivity contribution in [3.05, 3.63) is 41.1 Å². The molecule has 0 saturated carbocycles. The van der Waals surface area contributed by atoms with Crippen molar-refractivity contribution in [3.63, 3.8) is 0 Å². The van der Waals surface area contributed by atoms with Crippen molar-refractivity contribution < 1.29 is 0 Å². The normalized spacial score (nSPS) is 11.3. The fourth-order valence-corrected chi connectivity index (χ4v) is 1.95. The Hall–Kier alpha value is -2.08. The Bertz CT molecular complexity index is 609. The molecule has 0 aliphatic heterocycles. The summed E-state index contributed by atoms with van der Waals surface area (Å²) in [6, 6.07) is 10.2. The van der Waals surface area contributed by atoms with E-state index in [9.17, 15) is 0 Å². The van der Waals surface area contributed by atoms with E-state index in [1.54, 1.807) is 6.07 Å². The van der Waals surface area contributed by atoms with Gasteiger partial charge in [0.2, 0.25) is 0 Å². The Morgan fingerprint density at radius 2 is 1.94 bits per heavy atom. The summed E-state index contributed by atoms with van der Waals surface area (Å²) in [6.07, 6.45) is 0. The number of aryl methyl sites for hydroxylation is 1. The highest BCUT2D eigenvalue weighted by Crippen LogP contribution is 2.28. The number of hydrogen-bond donors (Lipinski definition) is 1. The van der Waals surface area contributed by atoms with Gasteiger partial charge in [-0.15, -0.1) is 0 Å². The summed E-state index contributed by atoms with van der Waals surface area (Å²) in [6.45, 7) is 8.68. The summed E-state index contributed by atoms with van der Waals surface area (Å²) in [7, 11) is 0. The summed E-state index contributed by atoms with van der Waals surface area (Å²) >= 11 is 0. The number of nitrogens with zero attached hydrogens (tertiary/aromatic N) is 2. The van der Waals surface area contributed by atoms with Crippen molar-refractivity contribution in [1.82, 2.24) is 10.2 Å². The lowest BCUT2D eigenvalue weighted by atomic mass is 9.85. The fraction of sp³-hybridized carbons (Fsp3) is 0.333. The van der Waals surface area contributed by atoms with Crippen LogP contribution in [-0.4, -0.2) is 10.2 Å². The number of nitriles is 1. The quantitative estimate of drug-likeness (QED) is 0.827. The SMILES string of the molecule is Cc1cc(C(C)(C)C)ccc1-c1cc(C#N)n[nH]1. The standard InChI is InChI=1S/C15H17N3/c1-10-7-11(15(2,3)4)5-6-13(10)14-8-12(9-16)17-18-14/h5-8H,1-4H3,(H,17,18). The van der Waals surface area contributed by atoms with E-state index in [4.69, 9.17) is 5.26 Å². The van der Waals surface area contributed by atoms with Crippen LogP contribution in [0, 0.1) is 18.3 Å². The average Bonchev–Trinajstić information content (AvgIpc) is 2.76. The largest absolute Gasteiger partial charge is 0.277 e. The molecule has 3 nitrogen and oxygen atoms in total. The third-order valence-electron chi connectivity index (χ3n) is 3.08. The highest BCUT2D eigenvalue weighted by Gasteiger charge is 2.15. The van der Waals surface area contributed by atoms with Crippen LogP contribution in [0.5, 0.6) is 0 Å². The predicted octanol–water partition coefficient (Wildman–Crippen LogP) is 3.55. The first-order chi connectivity index (χ1) is 8.41. The molecule has 0 radical (unpaired) electrons. The van der Waals surface area contributed by atoms with Gasteiger partial charge in [-0.3, -0.25) is 5.10 Å². The Labute approximate surface area is 107 Å². The third-order valence-corrected chi connectivity index (χ3v) is 3.08. The number of aromatic nitrogens is 2. The van der Waals surface area contributed by atoms with Gasteiger partial charge in [0.1, 0.15) is 6.07 Å². The molecular formula is C15H17N3. The monoisotopic (exact) mass is 239 g/mol. The molecule has 3 heteroatoms. The summed E-state index contributed by atoms with van der Waals surface area (Å²) in [4.78, 5) is 0. The van der Waals surface area contributed by atoms with E-state index < -0.39 is 0 Å². The molecule has 18 heavy (non-hydrogen) atoms. The number of H-pyrrole nitrogens is 1. The molecule has 0 fully saturated rings. The molecule has 2 aromatic rings. The zero-order chi connectivity index (χ0) is 13.3. The van der Waals surface area contributed by atoms with Gasteiger partial charge in [0.05, 0.1) is 5.69 Å². The van der Waals surface area contributed by atoms with E-state index in [1.807, 2.05) is 6.07 Å². The second-order valence-electron chi connectivity index (χ2n) is 5.56. The van der Waals surface area contributed by atoms with Crippen LogP contribution in [0.4, 0.5) is 0 Å². The molecule has 0 unspecified atom stereocenters. The molecule has 92 valence electrons. The lowest BCUT2D eigenvalue weighted by molar-refractivity contribution is 0.590. The Morgan fingerprint density at radius 3 is 2.44 bits per heavy atom. The molecule has 1 aromatic carbocycles. The van der Waals surface area contributed by atoms with Crippen molar-refractivity contribution in [2.45, 2.75) is 33.1 Å². The van der Waals surface area contributed by atoms with Crippen LogP contribution in [0.15, 0.2) is 24.3 Å². The third kappa shape index (κ3) is 2.28. The van der Waals surface area contributed by atoms with Gasteiger partial charge in [-0.2, -0.15) is 10.4 Å². The second-order valence-corrected chi connectivity index (χ2v) is 5.56. The van der Waals surface area contributed by atoms with Crippen LogP contribution in [0.3, 0.4) is 0 Å². The van der Waals surface area contributed by atoms with E-state index >= 15 is 0 Å². The van der Waals surface area contributed by atoms with E-state index in [1.165, 1.54) is 11.1 Å². The van der Waals surface area contributed by atoms with Crippen LogP contribution >= 0.6 is 0 Å². The van der Waals surface area contributed by atoms with Crippen molar-refractivity contribution >= 4 is 0 Å². The minimum absolute atomic E-state index is 0.148. The van der Waals surface area contributed by atoms with Crippen LogP contribution in [0.25, 0.3) is 11.3 Å². The summed E-state index contributed by atoms with van der Waals surface area (Å²) in [5, 5.41) is 15.6. The Balaban J connectivity index is 2.45. The van der Waals surface area contributed by atoms with E-state index in [2.05, 4.69) is 56.1 Å². The van der Waals surface area contributed by atoms with Gasteiger partial charge in [-0.1, -0.05) is 39.0 Å². The zero-order valence-corrected chi connectivity index (χ0v) is 11.2. The number of nitrogens with one attached hydrogen (secondary N) is 1. The summed E-state index contributed by atoms with van der Waals surface area (Å²) in [5.41, 5.74) is 5.06. The smallest absolute Gasteiger partial charge is 0.162 e. The molecule has 0 bridgehead atoms. The maximum Gasteiger partial charge on any atom is 0.162 e. The van der Waals surface area contributed by atoms with Crippen molar-refractivity contribution in [2.24, 2.45) is 0 Å². The maximum atomic E-state index is 8.79. The number of benzene rings is 1. The van der Waals surface area contributed by atoms with Crippen molar-refractivity contribution in [2.75, 3.05) is 0 Å². The van der Waals surface area contributed by atoms with Gasteiger partial charge < -0.3 is 0 Å². The lowest BCUT2D eigenvalue weighted by Crippen LogP contribution is -2.11. The number of hydrogen-bond acceptors (Lipinski definition) is 2. The highest BCUT2D eigenvalue weighted by atomic mass is 15.1. The second kappa shape index (κ2) is 4.30. The van der Waals surface area contributed by atoms with Gasteiger partial charge in [-0.05, 0) is 23.5 Å². The number of rotatable bonds is 1. The zero-order valence-electron chi connectivity index (χ0n) is 11.2. The average molecular weight is 239 g/mol. The highest BCUT2D eigenvalue weighted by molar-refractivity contribution is 5.65. The molecular weight excluding hydrogens is 222 g/mol. The molecule has 0 amide bonds. The van der Waals surface area contributed by atoms with Crippen LogP contribution in [-0.2, 0) is 5.41 Å². The Morgan fingerprint density at radius 1 is 1.22 bits per heavy atom. The molecule has 1 aromatic heterocycles. The van der Waals surface area contributed by atoms with Gasteiger partial charge in [-0.25, -0.2) is 0 Å². The van der Waals surface area contributed by atoms with Crippen LogP contribution < -0.4 is 0 Å². The first-order valence-corrected chi connectivity index (χ1v) is 5.99. The van der Waals surface area contributed by atoms with E-state index in [0.29, 0.717) is 5.69 Å². The van der Waals surface area contributed by atoms with E-state index in [0.717, 1.165) is 11.3 Å². The number of aromatic amines is 1. The lowest BCUT2D eigenvalue weighted by Gasteiger charge is -2.20. The predicted molar refractivity (Wildman–Crippen MR) is 72.2 cm³/mol. The van der Waals surface area contributed by atoms with Gasteiger partial charge >= 0.3 is 0 Å². The van der Waals surface area contributed by atoms with Gasteiger partial charge in [0.15, 0.2) is 5.69 Å². The minimum Gasteiger partial charge on any atom is -0.277 e. The van der Waals surface area contributed by atoms with E-state index in [-0.39, 0.29) is 5.41 Å². The molecule has 1 heterocycles. The summed E-state index contributed by atoms with van der Waals surface area (Å²) < 4.78 is 0. The van der Waals surface area contributed by atoms with Crippen LogP contribution in [0.2, 0.25) is 0 Å². The van der Waals surface area contributed by atoms with Crippen molar-refractivity contribution in [1.29, 1.82) is 5.26 Å². The Kier molecular flexibility index (Phi) is 2.96. The van der Waals surface area contributed by atoms with Crippen LogP contribution in [0.1, 0.15) is 37.6 Å². The molecule has 0 spiro atoms. The molecule has 0 aliphatic rings. The fourth-order valence-electron chi connectivity index (χ4n) is 1.95. The van der Waals surface area contributed by atoms with Crippen molar-refractivity contribution in [3.8, 4) is 17.3 Å². The molecule has 1 N–H and O–H groups in total. The van der Waals surface area contributed by atoms with Gasteiger partial charge in [0.25, 0.3) is 0 Å². The molecule has 0 saturated heterocycles. The molecule has 2 rings (SSSR count). The minimum atomic E-state index is 0.148. The maximum absolute atomic E-state index is 8.79. The topological polar surface area (TPSA) is 52.5 Å². The molecule has 0 atom stereocenters. The summed E-state index contributed by atoms with van der Waals surface area (Å²) in [5.74, 6) is 0. The first-order valence-electron chi connectivity index (χ1n) is 5.99. The molecule has 0 aliphatic carbocycles. The van der Waals surface area contributed by atoms with Gasteiger partial charge in [0, 0.05) is 11.6 Å².